The molecule has 3 aromatic rings. The Morgan fingerprint density at radius 2 is 1.91 bits per heavy atom. The standard InChI is InChI=1S/C24H29N7O4/c1-33-18-8-16(9-19(10-18)34-2)15-35-23-11-21(28-29-23)27-24(32)20-12-26-22(13-25-20)31-7-6-30-5-3-4-17(30)14-31/h8-13,17H,3-7,14-15H2,1-2H3,(H2,27,28,29,32). The van der Waals surface area contributed by atoms with E-state index in [4.69, 9.17) is 14.2 Å². The molecule has 0 saturated carbocycles. The van der Waals surface area contributed by atoms with Crippen molar-refractivity contribution in [2.75, 3.05) is 50.6 Å². The molecule has 1 aromatic carbocycles. The SMILES string of the molecule is COc1cc(COc2cc(NC(=O)c3cnc(N4CCN5CCCC5C4)cn3)[nH]n2)cc(OC)c1. The van der Waals surface area contributed by atoms with Gasteiger partial charge in [0.2, 0.25) is 5.88 Å². The van der Waals surface area contributed by atoms with E-state index in [2.05, 4.69) is 35.3 Å². The van der Waals surface area contributed by atoms with Gasteiger partial charge in [-0.1, -0.05) is 0 Å². The van der Waals surface area contributed by atoms with E-state index in [1.54, 1.807) is 32.5 Å². The fourth-order valence-corrected chi connectivity index (χ4v) is 4.54. The van der Waals surface area contributed by atoms with Crippen LogP contribution in [0.15, 0.2) is 36.7 Å². The minimum Gasteiger partial charge on any atom is -0.497 e. The third-order valence-electron chi connectivity index (χ3n) is 6.38. The largest absolute Gasteiger partial charge is 0.497 e. The second-order valence-electron chi connectivity index (χ2n) is 8.62. The molecule has 11 heteroatoms. The Morgan fingerprint density at radius 1 is 1.09 bits per heavy atom. The first-order chi connectivity index (χ1) is 17.1. The molecule has 1 amide bonds. The van der Waals surface area contributed by atoms with Gasteiger partial charge in [-0.3, -0.25) is 14.8 Å². The van der Waals surface area contributed by atoms with Crippen molar-refractivity contribution in [3.05, 3.63) is 47.9 Å². The number of amides is 1. The highest BCUT2D eigenvalue weighted by Crippen LogP contribution is 2.25. The molecule has 1 unspecified atom stereocenters. The van der Waals surface area contributed by atoms with Crippen molar-refractivity contribution in [3.63, 3.8) is 0 Å². The minimum atomic E-state index is -0.377. The smallest absolute Gasteiger partial charge is 0.277 e. The summed E-state index contributed by atoms with van der Waals surface area (Å²) < 4.78 is 16.3. The zero-order valence-electron chi connectivity index (χ0n) is 19.9. The van der Waals surface area contributed by atoms with Crippen LogP contribution in [0.2, 0.25) is 0 Å². The lowest BCUT2D eigenvalue weighted by Crippen LogP contribution is -2.50. The number of hydrogen-bond donors (Lipinski definition) is 2. The molecule has 0 aliphatic carbocycles. The maximum atomic E-state index is 12.6. The van der Waals surface area contributed by atoms with Crippen LogP contribution in [0, 0.1) is 0 Å². The van der Waals surface area contributed by atoms with Gasteiger partial charge in [-0.05, 0) is 37.1 Å². The molecule has 2 saturated heterocycles. The Balaban J connectivity index is 1.15. The quantitative estimate of drug-likeness (QED) is 0.502. The van der Waals surface area contributed by atoms with Crippen LogP contribution in [-0.4, -0.2) is 77.4 Å². The lowest BCUT2D eigenvalue weighted by Gasteiger charge is -2.37. The number of benzene rings is 1. The van der Waals surface area contributed by atoms with E-state index in [0.29, 0.717) is 29.2 Å². The number of carbonyl (C=O) groups excluding carboxylic acids is 1. The molecular weight excluding hydrogens is 450 g/mol. The molecule has 2 aliphatic heterocycles. The highest BCUT2D eigenvalue weighted by atomic mass is 16.5. The summed E-state index contributed by atoms with van der Waals surface area (Å²) in [6, 6.07) is 7.70. The summed E-state index contributed by atoms with van der Waals surface area (Å²) >= 11 is 0. The maximum Gasteiger partial charge on any atom is 0.277 e. The van der Waals surface area contributed by atoms with E-state index in [1.807, 2.05) is 12.1 Å². The molecule has 184 valence electrons. The molecular formula is C24H29N7O4. The number of piperazine rings is 1. The number of aromatic amines is 1. The number of nitrogens with zero attached hydrogens (tertiary/aromatic N) is 5. The predicted molar refractivity (Wildman–Crippen MR) is 129 cm³/mol. The lowest BCUT2D eigenvalue weighted by molar-refractivity contribution is 0.102. The summed E-state index contributed by atoms with van der Waals surface area (Å²) in [5.41, 5.74) is 1.09. The Morgan fingerprint density at radius 3 is 2.66 bits per heavy atom. The van der Waals surface area contributed by atoms with Gasteiger partial charge in [-0.2, -0.15) is 0 Å². The van der Waals surface area contributed by atoms with Crippen LogP contribution in [0.5, 0.6) is 17.4 Å². The Hall–Kier alpha value is -3.86. The van der Waals surface area contributed by atoms with Crippen LogP contribution in [0.25, 0.3) is 0 Å². The number of nitrogens with one attached hydrogen (secondary N) is 2. The van der Waals surface area contributed by atoms with Crippen molar-refractivity contribution in [2.24, 2.45) is 0 Å². The second-order valence-corrected chi connectivity index (χ2v) is 8.62. The van der Waals surface area contributed by atoms with Crippen LogP contribution in [0.1, 0.15) is 28.9 Å². The molecule has 2 N–H and O–H groups in total. The Kier molecular flexibility index (Phi) is 6.66. The van der Waals surface area contributed by atoms with Gasteiger partial charge >= 0.3 is 0 Å². The molecule has 0 spiro atoms. The van der Waals surface area contributed by atoms with Crippen LogP contribution in [0.4, 0.5) is 11.6 Å². The van der Waals surface area contributed by atoms with E-state index in [9.17, 15) is 4.79 Å². The summed E-state index contributed by atoms with van der Waals surface area (Å²) in [6.07, 6.45) is 5.67. The molecule has 35 heavy (non-hydrogen) atoms. The van der Waals surface area contributed by atoms with Gasteiger partial charge in [-0.25, -0.2) is 9.97 Å². The van der Waals surface area contributed by atoms with Gasteiger partial charge in [0, 0.05) is 37.8 Å². The van der Waals surface area contributed by atoms with Crippen molar-refractivity contribution in [2.45, 2.75) is 25.5 Å². The molecule has 2 fully saturated rings. The number of H-pyrrole nitrogens is 1. The van der Waals surface area contributed by atoms with Gasteiger partial charge in [-0.15, -0.1) is 5.10 Å². The average molecular weight is 480 g/mol. The van der Waals surface area contributed by atoms with Gasteiger partial charge in [0.15, 0.2) is 0 Å². The maximum absolute atomic E-state index is 12.6. The number of aromatic nitrogens is 4. The normalized spacial score (nSPS) is 17.7. The molecule has 5 rings (SSSR count). The van der Waals surface area contributed by atoms with Crippen molar-refractivity contribution in [1.82, 2.24) is 25.1 Å². The van der Waals surface area contributed by atoms with Crippen LogP contribution in [-0.2, 0) is 6.61 Å². The first kappa shape index (κ1) is 22.9. The van der Waals surface area contributed by atoms with E-state index in [-0.39, 0.29) is 18.2 Å². The number of ether oxygens (including phenoxy) is 3. The molecule has 0 radical (unpaired) electrons. The fraction of sp³-hybridized carbons (Fsp3) is 0.417. The minimum absolute atomic E-state index is 0.230. The zero-order chi connectivity index (χ0) is 24.2. The molecule has 0 bridgehead atoms. The third-order valence-corrected chi connectivity index (χ3v) is 6.38. The third kappa shape index (κ3) is 5.29. The number of anilines is 2. The number of fused-ring (bicyclic) bond motifs is 1. The number of methoxy groups -OCH3 is 2. The van der Waals surface area contributed by atoms with Crippen LogP contribution < -0.4 is 24.4 Å². The monoisotopic (exact) mass is 479 g/mol. The van der Waals surface area contributed by atoms with Gasteiger partial charge < -0.3 is 24.4 Å². The highest BCUT2D eigenvalue weighted by molar-refractivity contribution is 6.02. The second kappa shape index (κ2) is 10.2. The van der Waals surface area contributed by atoms with Crippen molar-refractivity contribution < 1.29 is 19.0 Å². The first-order valence-corrected chi connectivity index (χ1v) is 11.6. The predicted octanol–water partition coefficient (Wildman–Crippen LogP) is 2.33. The number of carbonyl (C=O) groups is 1. The summed E-state index contributed by atoms with van der Waals surface area (Å²) in [5, 5.41) is 9.59. The Labute approximate surface area is 203 Å². The van der Waals surface area contributed by atoms with E-state index >= 15 is 0 Å². The van der Waals surface area contributed by atoms with Gasteiger partial charge in [0.05, 0.1) is 26.6 Å². The Bertz CT molecular complexity index is 1140. The van der Waals surface area contributed by atoms with E-state index in [1.165, 1.54) is 25.6 Å². The van der Waals surface area contributed by atoms with E-state index in [0.717, 1.165) is 31.0 Å². The summed E-state index contributed by atoms with van der Waals surface area (Å²) in [7, 11) is 3.19. The average Bonchev–Trinajstić information content (AvgIpc) is 3.56. The molecule has 1 atom stereocenters. The summed E-state index contributed by atoms with van der Waals surface area (Å²) in [4.78, 5) is 26.2. The lowest BCUT2D eigenvalue weighted by atomic mass is 10.1. The highest BCUT2D eigenvalue weighted by Gasteiger charge is 2.31. The van der Waals surface area contributed by atoms with Crippen molar-refractivity contribution >= 4 is 17.5 Å². The summed E-state index contributed by atoms with van der Waals surface area (Å²) in [5.74, 6) is 2.51. The number of hydrogen-bond acceptors (Lipinski definition) is 9. The molecule has 4 heterocycles. The van der Waals surface area contributed by atoms with Crippen LogP contribution >= 0.6 is 0 Å². The topological polar surface area (TPSA) is 118 Å². The molecule has 11 nitrogen and oxygen atoms in total. The van der Waals surface area contributed by atoms with Gasteiger partial charge in [0.1, 0.15) is 35.4 Å². The van der Waals surface area contributed by atoms with Gasteiger partial charge in [0.25, 0.3) is 5.91 Å². The first-order valence-electron chi connectivity index (χ1n) is 11.6. The zero-order valence-corrected chi connectivity index (χ0v) is 19.9. The van der Waals surface area contributed by atoms with Crippen molar-refractivity contribution in [3.8, 4) is 17.4 Å². The molecule has 2 aromatic heterocycles. The molecule has 2 aliphatic rings. The van der Waals surface area contributed by atoms with Crippen molar-refractivity contribution in [1.29, 1.82) is 0 Å². The van der Waals surface area contributed by atoms with E-state index < -0.39 is 0 Å². The number of rotatable bonds is 8. The van der Waals surface area contributed by atoms with Crippen LogP contribution in [0.3, 0.4) is 0 Å². The fourth-order valence-electron chi connectivity index (χ4n) is 4.54. The summed E-state index contributed by atoms with van der Waals surface area (Å²) in [6.45, 7) is 4.38.